The van der Waals surface area contributed by atoms with Gasteiger partial charge in [-0.05, 0) is 67.2 Å². The maximum absolute atomic E-state index is 15.2. The number of aromatic nitrogens is 6. The lowest BCUT2D eigenvalue weighted by atomic mass is 10.1. The van der Waals surface area contributed by atoms with E-state index in [0.717, 1.165) is 36.9 Å². The summed E-state index contributed by atoms with van der Waals surface area (Å²) in [6, 6.07) is -0.840. The summed E-state index contributed by atoms with van der Waals surface area (Å²) in [5, 5.41) is 13.6. The molecule has 3 aromatic heterocycles. The number of amides is 2. The van der Waals surface area contributed by atoms with Gasteiger partial charge in [-0.15, -0.1) is 0 Å². The van der Waals surface area contributed by atoms with Gasteiger partial charge >= 0.3 is 6.09 Å². The van der Waals surface area contributed by atoms with Crippen LogP contribution < -0.4 is 20.9 Å². The normalized spacial score (nSPS) is 17.0. The van der Waals surface area contributed by atoms with Crippen molar-refractivity contribution < 1.29 is 27.1 Å². The number of fused-ring (bicyclic) bond motifs is 1. The average Bonchev–Trinajstić information content (AvgIpc) is 3.69. The summed E-state index contributed by atoms with van der Waals surface area (Å²) in [5.41, 5.74) is 1.84. The van der Waals surface area contributed by atoms with Crippen LogP contribution in [0, 0.1) is 0 Å². The van der Waals surface area contributed by atoms with Crippen molar-refractivity contribution in [3.05, 3.63) is 18.2 Å². The molecule has 1 aliphatic rings. The quantitative estimate of drug-likeness (QED) is 0.207. The van der Waals surface area contributed by atoms with Crippen LogP contribution in [0.2, 0.25) is 0 Å². The molecule has 0 aliphatic carbocycles. The topological polar surface area (TPSA) is 178 Å². The van der Waals surface area contributed by atoms with Crippen LogP contribution in [-0.4, -0.2) is 99.2 Å². The number of anilines is 3. The molecule has 4 rings (SSSR count). The number of alkyl halides is 1. The minimum atomic E-state index is -3.32. The van der Waals surface area contributed by atoms with Crippen molar-refractivity contribution in [3.8, 4) is 0 Å². The molecule has 0 unspecified atom stereocenters. The summed E-state index contributed by atoms with van der Waals surface area (Å²) in [5.74, 6) is -0.101. The summed E-state index contributed by atoms with van der Waals surface area (Å²) in [7, 11) is -3.32. The van der Waals surface area contributed by atoms with E-state index in [-0.39, 0.29) is 36.8 Å². The van der Waals surface area contributed by atoms with Crippen molar-refractivity contribution in [2.75, 3.05) is 41.9 Å². The number of hydrogen-bond donors (Lipinski definition) is 3. The van der Waals surface area contributed by atoms with E-state index in [2.05, 4.69) is 20.9 Å². The Bertz CT molecular complexity index is 1730. The van der Waals surface area contributed by atoms with Crippen LogP contribution in [0.4, 0.5) is 26.6 Å². The zero-order valence-electron chi connectivity index (χ0n) is 29.8. The molecule has 3 aromatic rings. The number of aryl methyl sites for hydroxylation is 2. The van der Waals surface area contributed by atoms with Crippen molar-refractivity contribution >= 4 is 50.5 Å². The molecule has 272 valence electrons. The Morgan fingerprint density at radius 1 is 1.08 bits per heavy atom. The summed E-state index contributed by atoms with van der Waals surface area (Å²) in [4.78, 5) is 40.2. The highest BCUT2D eigenvalue weighted by molar-refractivity contribution is 7.90. The molecule has 0 saturated carbocycles. The van der Waals surface area contributed by atoms with Crippen LogP contribution >= 0.6 is 0 Å². The van der Waals surface area contributed by atoms with Gasteiger partial charge < -0.3 is 30.2 Å². The van der Waals surface area contributed by atoms with Gasteiger partial charge in [-0.1, -0.05) is 6.92 Å². The van der Waals surface area contributed by atoms with Gasteiger partial charge in [-0.25, -0.2) is 22.6 Å². The fourth-order valence-corrected chi connectivity index (χ4v) is 5.93. The van der Waals surface area contributed by atoms with E-state index in [9.17, 15) is 18.0 Å². The number of hydrogen-bond acceptors (Lipinski definition) is 11. The number of nitrogens with zero attached hydrogens (tertiary/aromatic N) is 7. The van der Waals surface area contributed by atoms with Crippen LogP contribution in [-0.2, 0) is 37.9 Å². The van der Waals surface area contributed by atoms with E-state index in [4.69, 9.17) is 19.8 Å². The van der Waals surface area contributed by atoms with Crippen LogP contribution in [0.15, 0.2) is 12.5 Å². The highest BCUT2D eigenvalue weighted by atomic mass is 32.2. The summed E-state index contributed by atoms with van der Waals surface area (Å²) < 4.78 is 47.3. The lowest BCUT2D eigenvalue weighted by Gasteiger charge is -2.22. The fraction of sp³-hybridized carbons (Fsp3) is 0.688. The van der Waals surface area contributed by atoms with Crippen LogP contribution in [0.3, 0.4) is 0 Å². The summed E-state index contributed by atoms with van der Waals surface area (Å²) in [6.07, 6.45) is 5.89. The molecule has 1 saturated heterocycles. The average molecular weight is 707 g/mol. The molecule has 3 N–H and O–H groups in total. The molecule has 0 radical (unpaired) electrons. The lowest BCUT2D eigenvalue weighted by molar-refractivity contribution is -0.121. The summed E-state index contributed by atoms with van der Waals surface area (Å²) >= 11 is 0. The number of unbranched alkanes of at least 4 members (excludes halogenated alkanes) is 2. The minimum absolute atomic E-state index is 0.0446. The van der Waals surface area contributed by atoms with Crippen molar-refractivity contribution in [3.63, 3.8) is 0 Å². The van der Waals surface area contributed by atoms with Crippen molar-refractivity contribution in [1.82, 2.24) is 39.9 Å². The van der Waals surface area contributed by atoms with Crippen molar-refractivity contribution in [2.45, 2.75) is 110 Å². The number of halogens is 1. The molecule has 15 nitrogen and oxygen atoms in total. The number of imidazole rings is 1. The molecule has 49 heavy (non-hydrogen) atoms. The zero-order chi connectivity index (χ0) is 36.1. The van der Waals surface area contributed by atoms with Gasteiger partial charge in [0.05, 0.1) is 36.0 Å². The molecular weight excluding hydrogens is 655 g/mol. The van der Waals surface area contributed by atoms with E-state index in [1.54, 1.807) is 11.2 Å². The first-order valence-electron chi connectivity index (χ1n) is 16.7. The number of ether oxygens (including phenoxy) is 1. The Hall–Kier alpha value is -4.02. The van der Waals surface area contributed by atoms with Crippen LogP contribution in [0.5, 0.6) is 0 Å². The number of carbonyl (C=O) groups excluding carboxylic acids is 2. The van der Waals surface area contributed by atoms with Crippen molar-refractivity contribution in [2.24, 2.45) is 0 Å². The molecule has 0 bridgehead atoms. The van der Waals surface area contributed by atoms with Gasteiger partial charge in [0.1, 0.15) is 21.6 Å². The van der Waals surface area contributed by atoms with Crippen LogP contribution in [0.25, 0.3) is 11.2 Å². The van der Waals surface area contributed by atoms with Gasteiger partial charge in [-0.2, -0.15) is 15.1 Å². The first kappa shape index (κ1) is 37.8. The minimum Gasteiger partial charge on any atom is -0.444 e. The molecule has 0 spiro atoms. The van der Waals surface area contributed by atoms with Gasteiger partial charge in [0.2, 0.25) is 11.9 Å². The molecular formula is C32H51FN10O5S. The molecule has 1 aliphatic heterocycles. The highest BCUT2D eigenvalue weighted by Gasteiger charge is 2.36. The van der Waals surface area contributed by atoms with E-state index >= 15 is 4.39 Å². The monoisotopic (exact) mass is 706 g/mol. The molecule has 0 aromatic carbocycles. The van der Waals surface area contributed by atoms with E-state index < -0.39 is 39.7 Å². The predicted molar refractivity (Wildman–Crippen MR) is 187 cm³/mol. The second-order valence-corrected chi connectivity index (χ2v) is 16.8. The Labute approximate surface area is 287 Å². The van der Waals surface area contributed by atoms with E-state index in [0.29, 0.717) is 36.5 Å². The third-order valence-corrected chi connectivity index (χ3v) is 8.79. The van der Waals surface area contributed by atoms with Gasteiger partial charge in [0.25, 0.3) is 0 Å². The Morgan fingerprint density at radius 3 is 2.47 bits per heavy atom. The largest absolute Gasteiger partial charge is 0.444 e. The third-order valence-electron chi connectivity index (χ3n) is 7.84. The predicted octanol–water partition coefficient (Wildman–Crippen LogP) is 3.86. The van der Waals surface area contributed by atoms with Gasteiger partial charge in [-0.3, -0.25) is 9.48 Å². The second-order valence-electron chi connectivity index (χ2n) is 14.5. The number of rotatable bonds is 14. The molecule has 1 fully saturated rings. The molecule has 17 heteroatoms. The number of alkyl carbamates (subject to hydrolysis) is 1. The lowest BCUT2D eigenvalue weighted by Crippen LogP contribution is -2.42. The standard InChI is InChI=1S/C32H51FN10O5S/c1-9-22-24(19-42(40-22)15-12-10-11-14-34-30(45)48-32(5,6)7)37-27-26-28(43(20-35-26)31(2,3)4)39-29(38-27)41-17-21(33)23(18-41)36-25(44)13-16-49(8,46)47/h19-21,23H,9-18H2,1-8H3,(H,34,45)(H,36,44)(H,37,38,39)/t21-,23-/m1/s1. The zero-order valence-corrected chi connectivity index (χ0v) is 30.7. The molecule has 2 atom stereocenters. The maximum atomic E-state index is 15.2. The maximum Gasteiger partial charge on any atom is 0.407 e. The molecule has 4 heterocycles. The Kier molecular flexibility index (Phi) is 11.8. The number of carbonyl (C=O) groups is 2. The number of nitrogens with one attached hydrogen (secondary N) is 3. The van der Waals surface area contributed by atoms with E-state index in [1.165, 1.54) is 0 Å². The number of sulfone groups is 1. The highest BCUT2D eigenvalue weighted by Crippen LogP contribution is 2.31. The Morgan fingerprint density at radius 2 is 1.82 bits per heavy atom. The fourth-order valence-electron chi connectivity index (χ4n) is 5.38. The Balaban J connectivity index is 1.48. The van der Waals surface area contributed by atoms with Crippen molar-refractivity contribution in [1.29, 1.82) is 0 Å². The van der Waals surface area contributed by atoms with Crippen LogP contribution in [0.1, 0.15) is 79.8 Å². The first-order chi connectivity index (χ1) is 22.8. The molecule has 2 amide bonds. The second kappa shape index (κ2) is 15.3. The first-order valence-corrected chi connectivity index (χ1v) is 18.8. The van der Waals surface area contributed by atoms with E-state index in [1.807, 2.05) is 63.9 Å². The third kappa shape index (κ3) is 10.7. The van der Waals surface area contributed by atoms with Gasteiger partial charge in [0, 0.05) is 44.0 Å². The smallest absolute Gasteiger partial charge is 0.407 e. The van der Waals surface area contributed by atoms with Gasteiger partial charge in [0.15, 0.2) is 17.0 Å². The summed E-state index contributed by atoms with van der Waals surface area (Å²) in [6.45, 7) is 14.9. The SMILES string of the molecule is CCc1nn(CCCCCNC(=O)OC(C)(C)C)cc1Nc1nc(N2C[C@@H](F)[C@H](NC(=O)CCS(C)(=O)=O)C2)nc2c1ncn2C(C)(C)C.